The highest BCUT2D eigenvalue weighted by Gasteiger charge is 2.26. The van der Waals surface area contributed by atoms with E-state index in [9.17, 15) is 4.79 Å². The molecule has 1 heterocycles. The molecule has 0 saturated carbocycles. The molecule has 0 radical (unpaired) electrons. The summed E-state index contributed by atoms with van der Waals surface area (Å²) in [5.41, 5.74) is 8.07. The lowest BCUT2D eigenvalue weighted by molar-refractivity contribution is 0.101. The molecule has 1 aromatic rings. The van der Waals surface area contributed by atoms with Gasteiger partial charge in [0.15, 0.2) is 5.78 Å². The second-order valence-corrected chi connectivity index (χ2v) is 4.96. The van der Waals surface area contributed by atoms with Crippen LogP contribution in [0.3, 0.4) is 0 Å². The van der Waals surface area contributed by atoms with Crippen LogP contribution in [0.25, 0.3) is 0 Å². The molecule has 1 aromatic carbocycles. The first-order chi connectivity index (χ1) is 8.08. The second kappa shape index (κ2) is 4.98. The topological polar surface area (TPSA) is 55.1 Å². The Hall–Kier alpha value is -1.19. The predicted molar refractivity (Wildman–Crippen MR) is 69.0 cm³/mol. The van der Waals surface area contributed by atoms with Crippen LogP contribution in [0.15, 0.2) is 24.3 Å². The van der Waals surface area contributed by atoms with Gasteiger partial charge in [-0.25, -0.2) is 0 Å². The van der Waals surface area contributed by atoms with Crippen LogP contribution < -0.4 is 11.1 Å². The minimum absolute atomic E-state index is 0.103. The number of hydrogen-bond acceptors (Lipinski definition) is 3. The number of Topliss-reactive ketones (excluding diaryl/α,β-unsaturated/α-hetero) is 1. The third-order valence-electron chi connectivity index (χ3n) is 3.50. The fourth-order valence-electron chi connectivity index (χ4n) is 2.39. The van der Waals surface area contributed by atoms with Gasteiger partial charge in [0.25, 0.3) is 0 Å². The lowest BCUT2D eigenvalue weighted by Crippen LogP contribution is -2.46. The van der Waals surface area contributed by atoms with Crippen LogP contribution in [0.2, 0.25) is 0 Å². The number of ketones is 1. The molecule has 3 N–H and O–H groups in total. The van der Waals surface area contributed by atoms with Crippen molar-refractivity contribution < 1.29 is 4.79 Å². The number of benzene rings is 1. The zero-order valence-electron chi connectivity index (χ0n) is 10.4. The average molecular weight is 232 g/mol. The molecular weight excluding hydrogens is 212 g/mol. The highest BCUT2D eigenvalue weighted by atomic mass is 16.1. The van der Waals surface area contributed by atoms with E-state index in [0.717, 1.165) is 18.4 Å². The first kappa shape index (κ1) is 12.3. The summed E-state index contributed by atoms with van der Waals surface area (Å²) >= 11 is 0. The Kier molecular flexibility index (Phi) is 3.60. The fraction of sp³-hybridized carbons (Fsp3) is 0.500. The summed E-state index contributed by atoms with van der Waals surface area (Å²) in [6.45, 7) is 3.77. The van der Waals surface area contributed by atoms with Gasteiger partial charge in [-0.05, 0) is 32.3 Å². The largest absolute Gasteiger partial charge is 0.326 e. The minimum atomic E-state index is 0.103. The highest BCUT2D eigenvalue weighted by molar-refractivity contribution is 5.94. The third kappa shape index (κ3) is 2.73. The van der Waals surface area contributed by atoms with Gasteiger partial charge in [-0.1, -0.05) is 24.3 Å². The average Bonchev–Trinajstić information content (AvgIpc) is 2.32. The lowest BCUT2D eigenvalue weighted by atomic mass is 9.89. The lowest BCUT2D eigenvalue weighted by Gasteiger charge is -2.34. The zero-order valence-corrected chi connectivity index (χ0v) is 10.4. The van der Waals surface area contributed by atoms with E-state index >= 15 is 0 Å². The summed E-state index contributed by atoms with van der Waals surface area (Å²) in [5, 5.41) is 3.52. The van der Waals surface area contributed by atoms with Gasteiger partial charge in [-0.15, -0.1) is 0 Å². The van der Waals surface area contributed by atoms with Gasteiger partial charge in [0, 0.05) is 23.7 Å². The quantitative estimate of drug-likeness (QED) is 0.767. The summed E-state index contributed by atoms with van der Waals surface area (Å²) in [5.74, 6) is 0.103. The zero-order chi connectivity index (χ0) is 12.4. The van der Waals surface area contributed by atoms with Crippen molar-refractivity contribution in [3.8, 4) is 0 Å². The Balaban J connectivity index is 2.18. The normalized spacial score (nSPS) is 29.0. The number of rotatable bonds is 2. The van der Waals surface area contributed by atoms with Gasteiger partial charge >= 0.3 is 0 Å². The monoisotopic (exact) mass is 232 g/mol. The van der Waals surface area contributed by atoms with Crippen LogP contribution in [0.1, 0.15) is 48.7 Å². The van der Waals surface area contributed by atoms with Gasteiger partial charge in [0.05, 0.1) is 0 Å². The van der Waals surface area contributed by atoms with Gasteiger partial charge in [-0.3, -0.25) is 4.79 Å². The van der Waals surface area contributed by atoms with Crippen LogP contribution in [-0.2, 0) is 0 Å². The fourth-order valence-corrected chi connectivity index (χ4v) is 2.39. The molecule has 0 aromatic heterocycles. The van der Waals surface area contributed by atoms with E-state index in [2.05, 4.69) is 12.2 Å². The van der Waals surface area contributed by atoms with E-state index in [1.54, 1.807) is 6.92 Å². The molecule has 0 amide bonds. The molecule has 0 spiro atoms. The maximum absolute atomic E-state index is 11.2. The SMILES string of the molecule is CC(=O)c1ccc(C2NC(C)CCC2N)cc1. The molecule has 1 saturated heterocycles. The van der Waals surface area contributed by atoms with Crippen LogP contribution in [-0.4, -0.2) is 17.9 Å². The van der Waals surface area contributed by atoms with Gasteiger partial charge < -0.3 is 11.1 Å². The second-order valence-electron chi connectivity index (χ2n) is 4.96. The van der Waals surface area contributed by atoms with Crippen molar-refractivity contribution >= 4 is 5.78 Å². The van der Waals surface area contributed by atoms with Gasteiger partial charge in [0.2, 0.25) is 0 Å². The molecule has 3 atom stereocenters. The van der Waals surface area contributed by atoms with Crippen LogP contribution >= 0.6 is 0 Å². The number of nitrogens with two attached hydrogens (primary N) is 1. The van der Waals surface area contributed by atoms with E-state index in [1.165, 1.54) is 5.56 Å². The first-order valence-corrected chi connectivity index (χ1v) is 6.20. The molecule has 3 unspecified atom stereocenters. The van der Waals surface area contributed by atoms with Crippen molar-refractivity contribution in [1.82, 2.24) is 5.32 Å². The van der Waals surface area contributed by atoms with Gasteiger partial charge in [-0.2, -0.15) is 0 Å². The molecule has 17 heavy (non-hydrogen) atoms. The Labute approximate surface area is 102 Å². The molecule has 92 valence electrons. The van der Waals surface area contributed by atoms with Crippen molar-refractivity contribution in [2.75, 3.05) is 0 Å². The molecule has 1 aliphatic heterocycles. The number of carbonyl (C=O) groups excluding carboxylic acids is 1. The Morgan fingerprint density at radius 3 is 2.53 bits per heavy atom. The van der Waals surface area contributed by atoms with E-state index in [0.29, 0.717) is 6.04 Å². The van der Waals surface area contributed by atoms with Crippen LogP contribution in [0.4, 0.5) is 0 Å². The molecule has 1 aliphatic rings. The third-order valence-corrected chi connectivity index (χ3v) is 3.50. The molecule has 1 fully saturated rings. The molecule has 0 aliphatic carbocycles. The summed E-state index contributed by atoms with van der Waals surface area (Å²) in [7, 11) is 0. The smallest absolute Gasteiger partial charge is 0.159 e. The predicted octanol–water partition coefficient (Wildman–Crippen LogP) is 2.03. The molecule has 3 heteroatoms. The standard InChI is InChI=1S/C14H20N2O/c1-9-3-8-13(15)14(16-9)12-6-4-11(5-7-12)10(2)17/h4-7,9,13-14,16H,3,8,15H2,1-2H3. The van der Waals surface area contributed by atoms with Crippen molar-refractivity contribution in [3.63, 3.8) is 0 Å². The summed E-state index contributed by atoms with van der Waals surface area (Å²) in [6, 6.07) is 8.65. The van der Waals surface area contributed by atoms with Crippen molar-refractivity contribution in [1.29, 1.82) is 0 Å². The number of hydrogen-bond donors (Lipinski definition) is 2. The van der Waals surface area contributed by atoms with E-state index < -0.39 is 0 Å². The summed E-state index contributed by atoms with van der Waals surface area (Å²) in [4.78, 5) is 11.2. The molecular formula is C14H20N2O. The summed E-state index contributed by atoms with van der Waals surface area (Å²) in [6.07, 6.45) is 2.18. The number of piperidine rings is 1. The number of nitrogens with one attached hydrogen (secondary N) is 1. The first-order valence-electron chi connectivity index (χ1n) is 6.20. The Morgan fingerprint density at radius 2 is 1.94 bits per heavy atom. The van der Waals surface area contributed by atoms with Crippen LogP contribution in [0, 0.1) is 0 Å². The minimum Gasteiger partial charge on any atom is -0.326 e. The number of carbonyl (C=O) groups is 1. The molecule has 3 nitrogen and oxygen atoms in total. The van der Waals surface area contributed by atoms with E-state index in [4.69, 9.17) is 5.73 Å². The van der Waals surface area contributed by atoms with Gasteiger partial charge in [0.1, 0.15) is 0 Å². The molecule has 2 rings (SSSR count). The maximum Gasteiger partial charge on any atom is 0.159 e. The van der Waals surface area contributed by atoms with Crippen molar-refractivity contribution in [2.24, 2.45) is 5.73 Å². The Morgan fingerprint density at radius 1 is 1.29 bits per heavy atom. The van der Waals surface area contributed by atoms with E-state index in [1.807, 2.05) is 24.3 Å². The summed E-state index contributed by atoms with van der Waals surface area (Å²) < 4.78 is 0. The van der Waals surface area contributed by atoms with Crippen molar-refractivity contribution in [3.05, 3.63) is 35.4 Å². The van der Waals surface area contributed by atoms with Crippen molar-refractivity contribution in [2.45, 2.75) is 44.8 Å². The maximum atomic E-state index is 11.2. The Bertz CT molecular complexity index is 399. The van der Waals surface area contributed by atoms with Crippen LogP contribution in [0.5, 0.6) is 0 Å². The highest BCUT2D eigenvalue weighted by Crippen LogP contribution is 2.25. The van der Waals surface area contributed by atoms with E-state index in [-0.39, 0.29) is 17.9 Å². The molecule has 0 bridgehead atoms.